The normalized spacial score (nSPS) is 16.0. The first-order valence-electron chi connectivity index (χ1n) is 13.8. The highest BCUT2D eigenvalue weighted by Gasteiger charge is 2.39. The number of fused-ring (bicyclic) bond motifs is 1. The molecule has 4 heterocycles. The quantitative estimate of drug-likeness (QED) is 0.192. The number of methoxy groups -OCH3 is 1. The summed E-state index contributed by atoms with van der Waals surface area (Å²) >= 11 is 8.06. The van der Waals surface area contributed by atoms with E-state index in [1.54, 1.807) is 24.3 Å². The van der Waals surface area contributed by atoms with Crippen molar-refractivity contribution in [2.24, 2.45) is 5.41 Å². The molecule has 1 aliphatic rings. The zero-order valence-electron chi connectivity index (χ0n) is 24.4. The van der Waals surface area contributed by atoms with Crippen LogP contribution >= 0.6 is 22.9 Å². The van der Waals surface area contributed by atoms with Crippen LogP contribution in [0.25, 0.3) is 22.3 Å². The molecule has 2 aromatic carbocycles. The van der Waals surface area contributed by atoms with E-state index in [1.165, 1.54) is 24.5 Å². The minimum Gasteiger partial charge on any atom is -0.478 e. The van der Waals surface area contributed by atoms with Gasteiger partial charge in [0, 0.05) is 22.4 Å². The maximum Gasteiger partial charge on any atom is 0.335 e. The SMILES string of the molecule is COc1nnc(COc2nc(-c3cc(Cl)c(Cc4nc5ccc(C(=O)O)cc5n4C4COCC4(C)C)cc3C)ccc2F)s1. The van der Waals surface area contributed by atoms with Gasteiger partial charge in [0.15, 0.2) is 10.8 Å². The number of hydrogen-bond acceptors (Lipinski definition) is 9. The van der Waals surface area contributed by atoms with Gasteiger partial charge in [-0.1, -0.05) is 48.0 Å². The Bertz CT molecular complexity index is 1890. The lowest BCUT2D eigenvalue weighted by molar-refractivity contribution is 0.0697. The Balaban J connectivity index is 1.33. The molecular weight excluding hydrogens is 609 g/mol. The molecule has 0 amide bonds. The van der Waals surface area contributed by atoms with Crippen molar-refractivity contribution in [2.75, 3.05) is 20.3 Å². The second-order valence-corrected chi connectivity index (χ2v) is 12.7. The van der Waals surface area contributed by atoms with E-state index in [2.05, 4.69) is 33.6 Å². The second kappa shape index (κ2) is 11.8. The standard InChI is InChI=1S/C31H29ClFN5O5S/c1-16-9-18(11-26-34-23-7-5-17(29(39)40)10-24(23)38(26)25-13-42-15-31(25,2)3)20(32)12-19(16)22-8-6-21(33)28(35-22)43-14-27-36-37-30(41-4)44-27/h5-10,12,25H,11,13-15H2,1-4H3,(H,39,40). The van der Waals surface area contributed by atoms with Gasteiger partial charge in [-0.2, -0.15) is 0 Å². The first kappa shape index (κ1) is 29.9. The number of aromatic nitrogens is 5. The fourth-order valence-corrected chi connectivity index (χ4v) is 6.23. The molecule has 3 aromatic heterocycles. The lowest BCUT2D eigenvalue weighted by Gasteiger charge is -2.28. The Hall–Kier alpha value is -4.13. The van der Waals surface area contributed by atoms with Crippen LogP contribution in [-0.2, 0) is 17.8 Å². The van der Waals surface area contributed by atoms with Crippen LogP contribution in [0.15, 0.2) is 42.5 Å². The van der Waals surface area contributed by atoms with E-state index in [0.29, 0.717) is 46.1 Å². The fraction of sp³-hybridized carbons (Fsp3) is 0.323. The first-order valence-corrected chi connectivity index (χ1v) is 15.0. The van der Waals surface area contributed by atoms with E-state index in [4.69, 9.17) is 30.8 Å². The van der Waals surface area contributed by atoms with E-state index >= 15 is 0 Å². The molecule has 13 heteroatoms. The summed E-state index contributed by atoms with van der Waals surface area (Å²) in [7, 11) is 1.49. The lowest BCUT2D eigenvalue weighted by Crippen LogP contribution is -2.27. The van der Waals surface area contributed by atoms with Crippen molar-refractivity contribution in [1.29, 1.82) is 0 Å². The molecular formula is C31H29ClFN5O5S. The molecule has 0 saturated carbocycles. The lowest BCUT2D eigenvalue weighted by atomic mass is 9.87. The monoisotopic (exact) mass is 637 g/mol. The third-order valence-corrected chi connectivity index (χ3v) is 8.97. The van der Waals surface area contributed by atoms with Crippen molar-refractivity contribution < 1.29 is 28.5 Å². The largest absolute Gasteiger partial charge is 0.478 e. The zero-order chi connectivity index (χ0) is 31.2. The highest BCUT2D eigenvalue weighted by molar-refractivity contribution is 7.13. The van der Waals surface area contributed by atoms with Crippen LogP contribution in [-0.4, -0.2) is 56.1 Å². The summed E-state index contributed by atoms with van der Waals surface area (Å²) in [6, 6.07) is 11.6. The van der Waals surface area contributed by atoms with Gasteiger partial charge in [0.2, 0.25) is 0 Å². The van der Waals surface area contributed by atoms with Crippen molar-refractivity contribution in [3.8, 4) is 22.3 Å². The third kappa shape index (κ3) is 5.72. The van der Waals surface area contributed by atoms with E-state index in [-0.39, 0.29) is 29.5 Å². The van der Waals surface area contributed by atoms with Gasteiger partial charge < -0.3 is 23.9 Å². The van der Waals surface area contributed by atoms with Crippen LogP contribution in [0.4, 0.5) is 4.39 Å². The van der Waals surface area contributed by atoms with Crippen LogP contribution in [0.3, 0.4) is 0 Å². The van der Waals surface area contributed by atoms with Crippen LogP contribution in [0, 0.1) is 18.2 Å². The summed E-state index contributed by atoms with van der Waals surface area (Å²) in [6.45, 7) is 7.25. The second-order valence-electron chi connectivity index (χ2n) is 11.3. The van der Waals surface area contributed by atoms with Crippen LogP contribution in [0.1, 0.15) is 52.2 Å². The Kier molecular flexibility index (Phi) is 7.99. The molecule has 6 rings (SSSR count). The smallest absolute Gasteiger partial charge is 0.335 e. The number of carboxylic acid groups (broad SMARTS) is 1. The number of carbonyl (C=O) groups is 1. The topological polar surface area (TPSA) is 121 Å². The molecule has 5 aromatic rings. The molecule has 1 saturated heterocycles. The molecule has 0 spiro atoms. The van der Waals surface area contributed by atoms with Gasteiger partial charge >= 0.3 is 5.97 Å². The minimum absolute atomic E-state index is 0.00905. The minimum atomic E-state index is -0.999. The van der Waals surface area contributed by atoms with Crippen molar-refractivity contribution in [3.63, 3.8) is 0 Å². The van der Waals surface area contributed by atoms with E-state index in [0.717, 1.165) is 28.0 Å². The van der Waals surface area contributed by atoms with Gasteiger partial charge in [-0.05, 0) is 54.4 Å². The predicted molar refractivity (Wildman–Crippen MR) is 163 cm³/mol. The van der Waals surface area contributed by atoms with Crippen LogP contribution in [0.2, 0.25) is 5.02 Å². The number of pyridine rings is 1. The summed E-state index contributed by atoms with van der Waals surface area (Å²) < 4.78 is 33.2. The van der Waals surface area contributed by atoms with Gasteiger partial charge in [0.05, 0.1) is 48.7 Å². The molecule has 10 nitrogen and oxygen atoms in total. The highest BCUT2D eigenvalue weighted by Crippen LogP contribution is 2.41. The number of carboxylic acids is 1. The Morgan fingerprint density at radius 3 is 2.73 bits per heavy atom. The number of hydrogen-bond donors (Lipinski definition) is 1. The van der Waals surface area contributed by atoms with Gasteiger partial charge in [-0.25, -0.2) is 19.2 Å². The molecule has 228 valence electrons. The van der Waals surface area contributed by atoms with Crippen molar-refractivity contribution in [2.45, 2.75) is 39.8 Å². The highest BCUT2D eigenvalue weighted by atomic mass is 35.5. The Morgan fingerprint density at radius 1 is 1.20 bits per heavy atom. The van der Waals surface area contributed by atoms with Crippen LogP contribution < -0.4 is 9.47 Å². The van der Waals surface area contributed by atoms with E-state index < -0.39 is 11.8 Å². The van der Waals surface area contributed by atoms with E-state index in [1.807, 2.05) is 19.1 Å². The zero-order valence-corrected chi connectivity index (χ0v) is 26.0. The maximum absolute atomic E-state index is 14.6. The molecule has 44 heavy (non-hydrogen) atoms. The number of nitrogens with zero attached hydrogens (tertiary/aromatic N) is 5. The summed E-state index contributed by atoms with van der Waals surface area (Å²) in [5.74, 6) is -1.01. The number of aryl methyl sites for hydroxylation is 1. The first-order chi connectivity index (χ1) is 21.0. The Labute approximate surface area is 261 Å². The number of halogens is 2. The van der Waals surface area contributed by atoms with Crippen molar-refractivity contribution >= 4 is 39.9 Å². The molecule has 0 aliphatic carbocycles. The van der Waals surface area contributed by atoms with E-state index in [9.17, 15) is 14.3 Å². The molecule has 1 aliphatic heterocycles. The molecule has 0 bridgehead atoms. The third-order valence-electron chi connectivity index (χ3n) is 7.76. The summed E-state index contributed by atoms with van der Waals surface area (Å²) in [6.07, 6.45) is 0.403. The van der Waals surface area contributed by atoms with Gasteiger partial charge in [-0.15, -0.1) is 5.10 Å². The maximum atomic E-state index is 14.6. The molecule has 1 fully saturated rings. The molecule has 0 radical (unpaired) electrons. The van der Waals surface area contributed by atoms with Gasteiger partial charge in [-0.3, -0.25) is 0 Å². The summed E-state index contributed by atoms with van der Waals surface area (Å²) in [5.41, 5.74) is 4.38. The summed E-state index contributed by atoms with van der Waals surface area (Å²) in [5, 5.41) is 18.9. The number of benzene rings is 2. The number of aromatic carboxylic acids is 1. The molecule has 1 N–H and O–H groups in total. The van der Waals surface area contributed by atoms with Gasteiger partial charge in [0.1, 0.15) is 12.4 Å². The number of rotatable bonds is 9. The number of imidazole rings is 1. The van der Waals surface area contributed by atoms with Crippen LogP contribution in [0.5, 0.6) is 11.1 Å². The van der Waals surface area contributed by atoms with Crippen molar-refractivity contribution in [1.82, 2.24) is 24.7 Å². The van der Waals surface area contributed by atoms with Crippen molar-refractivity contribution in [3.05, 3.63) is 80.8 Å². The fourth-order valence-electron chi connectivity index (χ4n) is 5.43. The average molecular weight is 638 g/mol. The Morgan fingerprint density at radius 2 is 2.02 bits per heavy atom. The number of ether oxygens (including phenoxy) is 3. The summed E-state index contributed by atoms with van der Waals surface area (Å²) in [4.78, 5) is 21.1. The molecule has 1 atom stereocenters. The van der Waals surface area contributed by atoms with Gasteiger partial charge in [0.25, 0.3) is 11.1 Å². The predicted octanol–water partition coefficient (Wildman–Crippen LogP) is 6.52. The molecule has 1 unspecified atom stereocenters. The average Bonchev–Trinajstić information content (AvgIpc) is 3.69.